The van der Waals surface area contributed by atoms with Crippen LogP contribution >= 0.6 is 0 Å². The number of nitriles is 1. The second kappa shape index (κ2) is 8.29. The lowest BCUT2D eigenvalue weighted by molar-refractivity contribution is -0.127. The summed E-state index contributed by atoms with van der Waals surface area (Å²) in [4.78, 5) is 17.6. The molecule has 1 amide bonds. The van der Waals surface area contributed by atoms with Crippen molar-refractivity contribution < 1.29 is 9.90 Å². The van der Waals surface area contributed by atoms with Crippen molar-refractivity contribution >= 4 is 22.9 Å². The van der Waals surface area contributed by atoms with Crippen molar-refractivity contribution in [2.75, 3.05) is 5.32 Å². The van der Waals surface area contributed by atoms with Crippen LogP contribution in [0.15, 0.2) is 48.5 Å². The molecule has 2 atom stereocenters. The first-order valence-electron chi connectivity index (χ1n) is 9.92. The van der Waals surface area contributed by atoms with Gasteiger partial charge in [-0.3, -0.25) is 10.1 Å². The lowest BCUT2D eigenvalue weighted by Gasteiger charge is -2.31. The van der Waals surface area contributed by atoms with Gasteiger partial charge in [-0.05, 0) is 49.9 Å². The minimum Gasteiger partial charge on any atom is -0.385 e. The number of fused-ring (bicyclic) bond motifs is 1. The first-order valence-corrected chi connectivity index (χ1v) is 9.92. The Labute approximate surface area is 177 Å². The molecular formula is C24H28N4O2. The molecule has 2 aromatic carbocycles. The number of carbonyl (C=O) groups excluding carboxylic acids is 1. The largest absolute Gasteiger partial charge is 0.385 e. The van der Waals surface area contributed by atoms with Gasteiger partial charge in [0.2, 0.25) is 11.9 Å². The van der Waals surface area contributed by atoms with Crippen molar-refractivity contribution in [3.05, 3.63) is 59.7 Å². The number of nitrogens with one attached hydrogen (secondary N) is 1. The lowest BCUT2D eigenvalue weighted by atomic mass is 9.83. The zero-order valence-electron chi connectivity index (χ0n) is 16.6. The SMILES string of the molecule is C.C[C@H](C(=O)Nc1nc2ccc(C#N)cc2n1C1CCC1)[C@](C)(O)c1ccccc1. The molecule has 0 saturated heterocycles. The van der Waals surface area contributed by atoms with Crippen LogP contribution in [0.4, 0.5) is 5.95 Å². The zero-order chi connectivity index (χ0) is 20.6. The number of aromatic nitrogens is 2. The fourth-order valence-corrected chi connectivity index (χ4v) is 3.76. The van der Waals surface area contributed by atoms with E-state index < -0.39 is 11.5 Å². The molecule has 1 aliphatic carbocycles. The first-order chi connectivity index (χ1) is 13.9. The molecule has 1 fully saturated rings. The third kappa shape index (κ3) is 3.69. The molecule has 1 aromatic heterocycles. The van der Waals surface area contributed by atoms with Crippen molar-refractivity contribution in [3.63, 3.8) is 0 Å². The third-order valence-electron chi connectivity index (χ3n) is 6.09. The van der Waals surface area contributed by atoms with E-state index in [9.17, 15) is 15.2 Å². The maximum absolute atomic E-state index is 13.0. The normalized spacial score (nSPS) is 16.6. The van der Waals surface area contributed by atoms with Gasteiger partial charge in [0, 0.05) is 6.04 Å². The number of aliphatic hydroxyl groups is 1. The Morgan fingerprint density at radius 1 is 1.30 bits per heavy atom. The summed E-state index contributed by atoms with van der Waals surface area (Å²) in [5, 5.41) is 23.2. The van der Waals surface area contributed by atoms with E-state index in [0.29, 0.717) is 17.1 Å². The Hall–Kier alpha value is -3.17. The zero-order valence-corrected chi connectivity index (χ0v) is 16.6. The standard InChI is InChI=1S/C23H24N4O2.CH4/c1-15(23(2,29)17-7-4-3-5-8-17)21(28)26-22-25-19-12-11-16(14-24)13-20(19)27(22)18-9-6-10-18;/h3-5,7-8,11-13,15,18,29H,6,9-10H2,1-2H3,(H,25,26,28);1H4/t15-,23+;/m1./s1. The Balaban J connectivity index is 0.00000256. The molecule has 0 spiro atoms. The van der Waals surface area contributed by atoms with Crippen LogP contribution in [0.25, 0.3) is 11.0 Å². The molecule has 4 rings (SSSR count). The molecule has 30 heavy (non-hydrogen) atoms. The predicted octanol–water partition coefficient (Wildman–Crippen LogP) is 4.75. The molecule has 0 bridgehead atoms. The van der Waals surface area contributed by atoms with Crippen molar-refractivity contribution in [2.45, 2.75) is 52.2 Å². The highest BCUT2D eigenvalue weighted by molar-refractivity contribution is 5.94. The summed E-state index contributed by atoms with van der Waals surface area (Å²) in [6, 6.07) is 17.0. The number of amides is 1. The number of nitrogens with zero attached hydrogens (tertiary/aromatic N) is 3. The summed E-state index contributed by atoms with van der Waals surface area (Å²) < 4.78 is 2.03. The summed E-state index contributed by atoms with van der Waals surface area (Å²) in [5.41, 5.74) is 1.54. The fraction of sp³-hybridized carbons (Fsp3) is 0.375. The van der Waals surface area contributed by atoms with Crippen LogP contribution in [0.3, 0.4) is 0 Å². The Kier molecular flexibility index (Phi) is 5.95. The smallest absolute Gasteiger partial charge is 0.232 e. The Morgan fingerprint density at radius 2 is 2.00 bits per heavy atom. The van der Waals surface area contributed by atoms with Crippen molar-refractivity contribution in [1.82, 2.24) is 9.55 Å². The summed E-state index contributed by atoms with van der Waals surface area (Å²) in [6.07, 6.45) is 3.17. The quantitative estimate of drug-likeness (QED) is 0.642. The highest BCUT2D eigenvalue weighted by Gasteiger charge is 2.36. The minimum atomic E-state index is -1.31. The molecule has 6 nitrogen and oxygen atoms in total. The second-order valence-corrected chi connectivity index (χ2v) is 7.93. The van der Waals surface area contributed by atoms with Crippen molar-refractivity contribution in [2.24, 2.45) is 5.92 Å². The van der Waals surface area contributed by atoms with Gasteiger partial charge in [0.05, 0.1) is 34.2 Å². The van der Waals surface area contributed by atoms with Crippen LogP contribution < -0.4 is 5.32 Å². The van der Waals surface area contributed by atoms with Gasteiger partial charge in [0.15, 0.2) is 0 Å². The van der Waals surface area contributed by atoms with E-state index in [2.05, 4.69) is 16.4 Å². The Bertz CT molecular complexity index is 1090. The number of hydrogen-bond acceptors (Lipinski definition) is 4. The maximum Gasteiger partial charge on any atom is 0.232 e. The van der Waals surface area contributed by atoms with Crippen LogP contribution in [-0.2, 0) is 10.4 Å². The van der Waals surface area contributed by atoms with E-state index in [1.165, 1.54) is 0 Å². The number of hydrogen-bond donors (Lipinski definition) is 2. The van der Waals surface area contributed by atoms with Gasteiger partial charge in [-0.25, -0.2) is 4.98 Å². The Morgan fingerprint density at radius 3 is 2.60 bits per heavy atom. The van der Waals surface area contributed by atoms with Crippen LogP contribution in [0.2, 0.25) is 0 Å². The summed E-state index contributed by atoms with van der Waals surface area (Å²) >= 11 is 0. The molecule has 3 aromatic rings. The molecule has 2 N–H and O–H groups in total. The average Bonchev–Trinajstić information content (AvgIpc) is 3.03. The van der Waals surface area contributed by atoms with E-state index in [4.69, 9.17) is 0 Å². The minimum absolute atomic E-state index is 0. The predicted molar refractivity (Wildman–Crippen MR) is 118 cm³/mol. The molecule has 1 heterocycles. The van der Waals surface area contributed by atoms with Gasteiger partial charge in [-0.2, -0.15) is 5.26 Å². The molecule has 1 saturated carbocycles. The van der Waals surface area contributed by atoms with Crippen molar-refractivity contribution in [3.8, 4) is 6.07 Å². The molecule has 0 aliphatic heterocycles. The van der Waals surface area contributed by atoms with Crippen LogP contribution in [-0.4, -0.2) is 20.6 Å². The van der Waals surface area contributed by atoms with Crippen LogP contribution in [0.5, 0.6) is 0 Å². The number of imidazole rings is 1. The maximum atomic E-state index is 13.0. The average molecular weight is 405 g/mol. The highest BCUT2D eigenvalue weighted by Crippen LogP contribution is 2.38. The van der Waals surface area contributed by atoms with Crippen LogP contribution in [0, 0.1) is 17.2 Å². The topological polar surface area (TPSA) is 90.9 Å². The van der Waals surface area contributed by atoms with Crippen molar-refractivity contribution in [1.29, 1.82) is 5.26 Å². The molecule has 6 heteroatoms. The fourth-order valence-electron chi connectivity index (χ4n) is 3.76. The molecule has 156 valence electrons. The van der Waals surface area contributed by atoms with E-state index in [0.717, 1.165) is 30.3 Å². The van der Waals surface area contributed by atoms with E-state index in [1.54, 1.807) is 19.9 Å². The van der Waals surface area contributed by atoms with Gasteiger partial charge in [-0.15, -0.1) is 0 Å². The molecule has 0 radical (unpaired) electrons. The summed E-state index contributed by atoms with van der Waals surface area (Å²) in [6.45, 7) is 3.37. The highest BCUT2D eigenvalue weighted by atomic mass is 16.3. The summed E-state index contributed by atoms with van der Waals surface area (Å²) in [7, 11) is 0. The molecular weight excluding hydrogens is 376 g/mol. The van der Waals surface area contributed by atoms with Gasteiger partial charge >= 0.3 is 0 Å². The van der Waals surface area contributed by atoms with Gasteiger partial charge in [-0.1, -0.05) is 44.7 Å². The van der Waals surface area contributed by atoms with Gasteiger partial charge in [0.1, 0.15) is 0 Å². The number of carbonyl (C=O) groups is 1. The van der Waals surface area contributed by atoms with E-state index in [-0.39, 0.29) is 19.4 Å². The monoisotopic (exact) mass is 404 g/mol. The van der Waals surface area contributed by atoms with E-state index in [1.807, 2.05) is 47.0 Å². The lowest BCUT2D eigenvalue weighted by Crippen LogP contribution is -2.39. The second-order valence-electron chi connectivity index (χ2n) is 7.93. The third-order valence-corrected chi connectivity index (χ3v) is 6.09. The van der Waals surface area contributed by atoms with Gasteiger partial charge < -0.3 is 9.67 Å². The summed E-state index contributed by atoms with van der Waals surface area (Å²) in [5.74, 6) is -0.509. The van der Waals surface area contributed by atoms with Crippen LogP contribution in [0.1, 0.15) is 57.7 Å². The number of benzene rings is 2. The first kappa shape index (κ1) is 21.5. The molecule has 0 unspecified atom stereocenters. The number of rotatable bonds is 5. The van der Waals surface area contributed by atoms with E-state index >= 15 is 0 Å². The van der Waals surface area contributed by atoms with Gasteiger partial charge in [0.25, 0.3) is 0 Å². The molecule has 1 aliphatic rings. The number of anilines is 1.